The fraction of sp³-hybridized carbons (Fsp3) is 0.917. The van der Waals surface area contributed by atoms with Gasteiger partial charge in [-0.25, -0.2) is 0 Å². The molecule has 0 aromatic heterocycles. The van der Waals surface area contributed by atoms with Crippen LogP contribution in [0.4, 0.5) is 0 Å². The van der Waals surface area contributed by atoms with E-state index in [-0.39, 0.29) is 24.0 Å². The predicted octanol–water partition coefficient (Wildman–Crippen LogP) is 2.50. The van der Waals surface area contributed by atoms with Gasteiger partial charge in [-0.2, -0.15) is 0 Å². The third kappa shape index (κ3) is 3.79. The third-order valence-corrected chi connectivity index (χ3v) is 3.99. The highest BCUT2D eigenvalue weighted by Crippen LogP contribution is 2.40. The summed E-state index contributed by atoms with van der Waals surface area (Å²) in [6, 6.07) is 0. The van der Waals surface area contributed by atoms with Gasteiger partial charge in [0.15, 0.2) is 5.96 Å². The lowest BCUT2D eigenvalue weighted by Crippen LogP contribution is -2.38. The molecule has 94 valence electrons. The molecular weight excluding hydrogens is 313 g/mol. The normalized spacial score (nSPS) is 23.9. The molecule has 2 aliphatic rings. The topological polar surface area (TPSA) is 50.4 Å². The Bertz CT molecular complexity index is 245. The fourth-order valence-corrected chi connectivity index (χ4v) is 2.22. The first kappa shape index (κ1) is 14.1. The summed E-state index contributed by atoms with van der Waals surface area (Å²) in [5, 5.41) is 3.23. The van der Waals surface area contributed by atoms with Crippen LogP contribution in [-0.4, -0.2) is 19.0 Å². The zero-order chi connectivity index (χ0) is 10.7. The van der Waals surface area contributed by atoms with Crippen molar-refractivity contribution in [2.24, 2.45) is 22.1 Å². The molecule has 0 aromatic rings. The quantitative estimate of drug-likeness (QED) is 0.470. The predicted molar refractivity (Wildman–Crippen MR) is 79.2 cm³/mol. The Morgan fingerprint density at radius 2 is 2.06 bits per heavy atom. The second-order valence-electron chi connectivity index (χ2n) is 5.54. The van der Waals surface area contributed by atoms with Crippen LogP contribution in [0, 0.1) is 11.3 Å². The second-order valence-corrected chi connectivity index (χ2v) is 5.54. The molecule has 2 saturated carbocycles. The van der Waals surface area contributed by atoms with Crippen LogP contribution in [0.25, 0.3) is 0 Å². The molecule has 0 heterocycles. The van der Waals surface area contributed by atoms with Gasteiger partial charge in [0.1, 0.15) is 0 Å². The van der Waals surface area contributed by atoms with E-state index in [4.69, 9.17) is 5.73 Å². The van der Waals surface area contributed by atoms with Crippen LogP contribution in [0.5, 0.6) is 0 Å². The van der Waals surface area contributed by atoms with Gasteiger partial charge in [0.05, 0.1) is 0 Å². The van der Waals surface area contributed by atoms with Crippen molar-refractivity contribution in [3.63, 3.8) is 0 Å². The van der Waals surface area contributed by atoms with Gasteiger partial charge in [-0.05, 0) is 37.0 Å². The summed E-state index contributed by atoms with van der Waals surface area (Å²) in [7, 11) is 0. The zero-order valence-corrected chi connectivity index (χ0v) is 12.5. The number of halogens is 1. The van der Waals surface area contributed by atoms with Gasteiger partial charge in [0.25, 0.3) is 0 Å². The van der Waals surface area contributed by atoms with Crippen molar-refractivity contribution in [3.05, 3.63) is 0 Å². The number of guanidine groups is 1. The SMILES string of the molecule is CC1(CN=C(N)NCC2CCC2)CCC1.I. The maximum atomic E-state index is 5.83. The van der Waals surface area contributed by atoms with E-state index >= 15 is 0 Å². The van der Waals surface area contributed by atoms with E-state index in [1.54, 1.807) is 0 Å². The summed E-state index contributed by atoms with van der Waals surface area (Å²) in [6.07, 6.45) is 8.09. The third-order valence-electron chi connectivity index (χ3n) is 3.99. The van der Waals surface area contributed by atoms with Crippen molar-refractivity contribution in [1.29, 1.82) is 0 Å². The second kappa shape index (κ2) is 6.07. The first-order chi connectivity index (χ1) is 7.18. The highest BCUT2D eigenvalue weighted by atomic mass is 127. The average molecular weight is 337 g/mol. The molecule has 2 fully saturated rings. The number of nitrogens with two attached hydrogens (primary N) is 1. The summed E-state index contributed by atoms with van der Waals surface area (Å²) in [5.74, 6) is 1.49. The molecule has 0 amide bonds. The van der Waals surface area contributed by atoms with Gasteiger partial charge in [-0.1, -0.05) is 19.8 Å². The average Bonchev–Trinajstić information content (AvgIpc) is 2.09. The van der Waals surface area contributed by atoms with Crippen LogP contribution < -0.4 is 11.1 Å². The van der Waals surface area contributed by atoms with Crippen molar-refractivity contribution in [2.75, 3.05) is 13.1 Å². The van der Waals surface area contributed by atoms with Crippen molar-refractivity contribution in [1.82, 2.24) is 5.32 Å². The lowest BCUT2D eigenvalue weighted by atomic mass is 9.71. The monoisotopic (exact) mass is 337 g/mol. The van der Waals surface area contributed by atoms with E-state index in [2.05, 4.69) is 17.2 Å². The first-order valence-corrected chi connectivity index (χ1v) is 6.22. The number of nitrogens with zero attached hydrogens (tertiary/aromatic N) is 1. The molecule has 0 radical (unpaired) electrons. The Kier molecular flexibility index (Phi) is 5.34. The molecule has 0 saturated heterocycles. The van der Waals surface area contributed by atoms with Crippen LogP contribution in [0.1, 0.15) is 45.4 Å². The number of hydrogen-bond donors (Lipinski definition) is 2. The molecule has 3 N–H and O–H groups in total. The maximum absolute atomic E-state index is 5.83. The summed E-state index contributed by atoms with van der Waals surface area (Å²) < 4.78 is 0. The molecule has 16 heavy (non-hydrogen) atoms. The van der Waals surface area contributed by atoms with E-state index < -0.39 is 0 Å². The lowest BCUT2D eigenvalue weighted by Gasteiger charge is -2.36. The van der Waals surface area contributed by atoms with Crippen molar-refractivity contribution in [2.45, 2.75) is 45.4 Å². The zero-order valence-electron chi connectivity index (χ0n) is 10.2. The molecule has 0 bridgehead atoms. The lowest BCUT2D eigenvalue weighted by molar-refractivity contribution is 0.173. The number of rotatable bonds is 4. The fourth-order valence-electron chi connectivity index (χ4n) is 2.22. The molecular formula is C12H24IN3. The minimum absolute atomic E-state index is 0. The van der Waals surface area contributed by atoms with Crippen LogP contribution in [0.3, 0.4) is 0 Å². The van der Waals surface area contributed by atoms with E-state index in [0.29, 0.717) is 11.4 Å². The highest BCUT2D eigenvalue weighted by molar-refractivity contribution is 14.0. The van der Waals surface area contributed by atoms with Gasteiger partial charge >= 0.3 is 0 Å². The first-order valence-electron chi connectivity index (χ1n) is 6.22. The molecule has 0 spiro atoms. The van der Waals surface area contributed by atoms with Crippen molar-refractivity contribution < 1.29 is 0 Å². The molecule has 2 rings (SSSR count). The standard InChI is InChI=1S/C12H23N3.HI/c1-12(6-3-7-12)9-15-11(13)14-8-10-4-2-5-10;/h10H,2-9H2,1H3,(H3,13,14,15);1H. The van der Waals surface area contributed by atoms with Crippen LogP contribution >= 0.6 is 24.0 Å². The minimum Gasteiger partial charge on any atom is -0.370 e. The Morgan fingerprint density at radius 3 is 2.50 bits per heavy atom. The smallest absolute Gasteiger partial charge is 0.188 e. The van der Waals surface area contributed by atoms with E-state index in [1.807, 2.05) is 0 Å². The van der Waals surface area contributed by atoms with Gasteiger partial charge < -0.3 is 11.1 Å². The van der Waals surface area contributed by atoms with E-state index in [9.17, 15) is 0 Å². The van der Waals surface area contributed by atoms with Crippen LogP contribution in [0.2, 0.25) is 0 Å². The summed E-state index contributed by atoms with van der Waals surface area (Å²) >= 11 is 0. The Labute approximate surface area is 116 Å². The number of nitrogens with one attached hydrogen (secondary N) is 1. The molecule has 0 aliphatic heterocycles. The van der Waals surface area contributed by atoms with Crippen molar-refractivity contribution in [3.8, 4) is 0 Å². The molecule has 3 nitrogen and oxygen atoms in total. The molecule has 2 aliphatic carbocycles. The van der Waals surface area contributed by atoms with Crippen LogP contribution in [-0.2, 0) is 0 Å². The summed E-state index contributed by atoms with van der Waals surface area (Å²) in [6.45, 7) is 4.22. The number of hydrogen-bond acceptors (Lipinski definition) is 1. The van der Waals surface area contributed by atoms with E-state index in [1.165, 1.54) is 38.5 Å². The van der Waals surface area contributed by atoms with E-state index in [0.717, 1.165) is 19.0 Å². The Balaban J connectivity index is 0.00000128. The number of aliphatic imine (C=N–C) groups is 1. The molecule has 0 unspecified atom stereocenters. The molecule has 0 atom stereocenters. The maximum Gasteiger partial charge on any atom is 0.188 e. The van der Waals surface area contributed by atoms with Gasteiger partial charge in [-0.3, -0.25) is 4.99 Å². The Hall–Kier alpha value is 0. The Morgan fingerprint density at radius 1 is 1.38 bits per heavy atom. The minimum atomic E-state index is 0. The van der Waals surface area contributed by atoms with Gasteiger partial charge in [-0.15, -0.1) is 24.0 Å². The largest absolute Gasteiger partial charge is 0.370 e. The van der Waals surface area contributed by atoms with Gasteiger partial charge in [0, 0.05) is 13.1 Å². The highest BCUT2D eigenvalue weighted by Gasteiger charge is 2.31. The summed E-state index contributed by atoms with van der Waals surface area (Å²) in [4.78, 5) is 4.43. The van der Waals surface area contributed by atoms with Crippen molar-refractivity contribution >= 4 is 29.9 Å². The van der Waals surface area contributed by atoms with Crippen LogP contribution in [0.15, 0.2) is 4.99 Å². The molecule has 0 aromatic carbocycles. The molecule has 4 heteroatoms. The summed E-state index contributed by atoms with van der Waals surface area (Å²) in [5.41, 5.74) is 6.27. The van der Waals surface area contributed by atoms with Gasteiger partial charge in [0.2, 0.25) is 0 Å².